The molecule has 0 bridgehead atoms. The molecule has 1 aliphatic rings. The molecule has 1 aromatic rings. The van der Waals surface area contributed by atoms with Crippen LogP contribution in [-0.2, 0) is 0 Å². The molecule has 2 N–H and O–H groups in total. The molecule has 1 aromatic carbocycles. The van der Waals surface area contributed by atoms with Crippen LogP contribution in [0, 0.1) is 0 Å². The molecular formula is C21H38IN5O. The summed E-state index contributed by atoms with van der Waals surface area (Å²) in [4.78, 5) is 9.59. The van der Waals surface area contributed by atoms with E-state index in [2.05, 4.69) is 53.6 Å². The Morgan fingerprint density at radius 1 is 1.21 bits per heavy atom. The number of nitrogens with one attached hydrogen (secondary N) is 2. The molecule has 1 fully saturated rings. The smallest absolute Gasteiger partial charge is 0.191 e. The van der Waals surface area contributed by atoms with Crippen LogP contribution in [0.25, 0.3) is 0 Å². The van der Waals surface area contributed by atoms with Gasteiger partial charge in [-0.2, -0.15) is 0 Å². The zero-order valence-corrected chi connectivity index (χ0v) is 20.2. The third-order valence-electron chi connectivity index (χ3n) is 5.04. The van der Waals surface area contributed by atoms with Gasteiger partial charge in [0, 0.05) is 19.6 Å². The zero-order valence-electron chi connectivity index (χ0n) is 17.9. The highest BCUT2D eigenvalue weighted by molar-refractivity contribution is 14.0. The summed E-state index contributed by atoms with van der Waals surface area (Å²) in [6.07, 6.45) is 4.04. The van der Waals surface area contributed by atoms with Gasteiger partial charge in [0.1, 0.15) is 5.75 Å². The number of guanidine groups is 1. The number of likely N-dealkylation sites (tertiary alicyclic amines) is 1. The fourth-order valence-electron chi connectivity index (χ4n) is 3.45. The fourth-order valence-corrected chi connectivity index (χ4v) is 3.45. The fraction of sp³-hybridized carbons (Fsp3) is 0.667. The maximum absolute atomic E-state index is 5.38. The van der Waals surface area contributed by atoms with Crippen molar-refractivity contribution in [3.63, 3.8) is 0 Å². The molecule has 7 heteroatoms. The summed E-state index contributed by atoms with van der Waals surface area (Å²) in [6.45, 7) is 8.13. The van der Waals surface area contributed by atoms with Gasteiger partial charge in [0.15, 0.2) is 5.96 Å². The summed E-state index contributed by atoms with van der Waals surface area (Å²) >= 11 is 0. The quantitative estimate of drug-likeness (QED) is 0.309. The van der Waals surface area contributed by atoms with Gasteiger partial charge >= 0.3 is 0 Å². The second-order valence-electron chi connectivity index (χ2n) is 7.30. The van der Waals surface area contributed by atoms with Crippen molar-refractivity contribution in [1.82, 2.24) is 20.4 Å². The minimum atomic E-state index is 0. The van der Waals surface area contributed by atoms with Crippen LogP contribution in [0.3, 0.4) is 0 Å². The SMILES string of the molecule is CCNC(=NCC(c1cccc(OC)c1)N(C)C)NCCN1CCCCC1.I. The molecule has 0 radical (unpaired) electrons. The van der Waals surface area contributed by atoms with Gasteiger partial charge in [0.05, 0.1) is 19.7 Å². The van der Waals surface area contributed by atoms with Crippen LogP contribution < -0.4 is 15.4 Å². The van der Waals surface area contributed by atoms with Crippen molar-refractivity contribution in [2.45, 2.75) is 32.2 Å². The summed E-state index contributed by atoms with van der Waals surface area (Å²) in [5.74, 6) is 1.78. The van der Waals surface area contributed by atoms with Gasteiger partial charge in [-0.15, -0.1) is 24.0 Å². The maximum atomic E-state index is 5.38. The van der Waals surface area contributed by atoms with E-state index in [0.29, 0.717) is 6.54 Å². The molecule has 0 amide bonds. The Kier molecular flexibility index (Phi) is 12.5. The molecule has 1 unspecified atom stereocenters. The topological polar surface area (TPSA) is 52.1 Å². The molecule has 1 saturated heterocycles. The van der Waals surface area contributed by atoms with E-state index in [9.17, 15) is 0 Å². The Bertz CT molecular complexity index is 576. The Morgan fingerprint density at radius 2 is 1.96 bits per heavy atom. The average Bonchev–Trinajstić information content (AvgIpc) is 2.69. The number of aliphatic imine (C=N–C) groups is 1. The number of rotatable bonds is 9. The second kappa shape index (κ2) is 14.0. The summed E-state index contributed by atoms with van der Waals surface area (Å²) in [5, 5.41) is 6.86. The van der Waals surface area contributed by atoms with Crippen molar-refractivity contribution in [2.75, 3.05) is 60.5 Å². The van der Waals surface area contributed by atoms with E-state index in [1.807, 2.05) is 12.1 Å². The number of methoxy groups -OCH3 is 1. The van der Waals surface area contributed by atoms with Crippen LogP contribution in [0.2, 0.25) is 0 Å². The average molecular weight is 503 g/mol. The van der Waals surface area contributed by atoms with Crippen molar-refractivity contribution in [1.29, 1.82) is 0 Å². The summed E-state index contributed by atoms with van der Waals surface area (Å²) in [6, 6.07) is 8.45. The number of piperidine rings is 1. The summed E-state index contributed by atoms with van der Waals surface area (Å²) in [7, 11) is 5.89. The minimum Gasteiger partial charge on any atom is -0.497 e. The third-order valence-corrected chi connectivity index (χ3v) is 5.04. The largest absolute Gasteiger partial charge is 0.497 e. The van der Waals surface area contributed by atoms with Gasteiger partial charge in [-0.1, -0.05) is 18.6 Å². The van der Waals surface area contributed by atoms with Crippen LogP contribution in [0.15, 0.2) is 29.3 Å². The molecule has 1 heterocycles. The number of nitrogens with zero attached hydrogens (tertiary/aromatic N) is 3. The molecule has 1 atom stereocenters. The van der Waals surface area contributed by atoms with E-state index in [4.69, 9.17) is 9.73 Å². The van der Waals surface area contributed by atoms with E-state index in [1.54, 1.807) is 7.11 Å². The van der Waals surface area contributed by atoms with Crippen LogP contribution in [-0.4, -0.2) is 76.2 Å². The molecule has 0 aliphatic carbocycles. The van der Waals surface area contributed by atoms with E-state index in [0.717, 1.165) is 31.3 Å². The second-order valence-corrected chi connectivity index (χ2v) is 7.30. The molecule has 1 aliphatic heterocycles. The number of benzene rings is 1. The first kappa shape index (κ1) is 25.0. The van der Waals surface area contributed by atoms with Crippen molar-refractivity contribution in [2.24, 2.45) is 4.99 Å². The van der Waals surface area contributed by atoms with E-state index in [1.165, 1.54) is 37.9 Å². The van der Waals surface area contributed by atoms with E-state index in [-0.39, 0.29) is 30.0 Å². The van der Waals surface area contributed by atoms with Crippen LogP contribution in [0.1, 0.15) is 37.8 Å². The number of hydrogen-bond donors (Lipinski definition) is 2. The van der Waals surface area contributed by atoms with Gasteiger partial charge < -0.3 is 25.2 Å². The first-order chi connectivity index (χ1) is 13.1. The number of likely N-dealkylation sites (N-methyl/N-ethyl adjacent to an activating group) is 1. The lowest BCUT2D eigenvalue weighted by Crippen LogP contribution is -2.43. The van der Waals surface area contributed by atoms with Gasteiger partial charge in [-0.05, 0) is 64.6 Å². The minimum absolute atomic E-state index is 0. The molecule has 0 saturated carbocycles. The van der Waals surface area contributed by atoms with Gasteiger partial charge in [0.2, 0.25) is 0 Å². The van der Waals surface area contributed by atoms with Gasteiger partial charge in [0.25, 0.3) is 0 Å². The molecule has 0 aromatic heterocycles. The van der Waals surface area contributed by atoms with E-state index < -0.39 is 0 Å². The molecule has 2 rings (SSSR count). The Balaban J connectivity index is 0.00000392. The van der Waals surface area contributed by atoms with Gasteiger partial charge in [-0.3, -0.25) is 4.99 Å². The Labute approximate surface area is 188 Å². The highest BCUT2D eigenvalue weighted by Crippen LogP contribution is 2.22. The molecule has 160 valence electrons. The standard InChI is InChI=1S/C21H37N5O.HI/c1-5-22-21(23-12-15-26-13-7-6-8-14-26)24-17-20(25(2)3)18-10-9-11-19(16-18)27-4;/h9-11,16,20H,5-8,12-15,17H2,1-4H3,(H2,22,23,24);1H. The van der Waals surface area contributed by atoms with Crippen molar-refractivity contribution in [3.05, 3.63) is 29.8 Å². The van der Waals surface area contributed by atoms with Crippen LogP contribution >= 0.6 is 24.0 Å². The zero-order chi connectivity index (χ0) is 19.5. The predicted octanol–water partition coefficient (Wildman–Crippen LogP) is 2.96. The van der Waals surface area contributed by atoms with Crippen LogP contribution in [0.4, 0.5) is 0 Å². The Morgan fingerprint density at radius 3 is 2.61 bits per heavy atom. The molecule has 6 nitrogen and oxygen atoms in total. The maximum Gasteiger partial charge on any atom is 0.191 e. The third kappa shape index (κ3) is 8.53. The van der Waals surface area contributed by atoms with Gasteiger partial charge in [-0.25, -0.2) is 0 Å². The number of halogens is 1. The molecular weight excluding hydrogens is 465 g/mol. The lowest BCUT2D eigenvalue weighted by molar-refractivity contribution is 0.232. The van der Waals surface area contributed by atoms with Crippen molar-refractivity contribution >= 4 is 29.9 Å². The molecule has 28 heavy (non-hydrogen) atoms. The van der Waals surface area contributed by atoms with Crippen molar-refractivity contribution in [3.8, 4) is 5.75 Å². The first-order valence-electron chi connectivity index (χ1n) is 10.2. The first-order valence-corrected chi connectivity index (χ1v) is 10.2. The monoisotopic (exact) mass is 503 g/mol. The predicted molar refractivity (Wildman–Crippen MR) is 129 cm³/mol. The van der Waals surface area contributed by atoms with E-state index >= 15 is 0 Å². The summed E-state index contributed by atoms with van der Waals surface area (Å²) in [5.41, 5.74) is 1.22. The van der Waals surface area contributed by atoms with Crippen LogP contribution in [0.5, 0.6) is 5.75 Å². The van der Waals surface area contributed by atoms with Crippen molar-refractivity contribution < 1.29 is 4.74 Å². The highest BCUT2D eigenvalue weighted by Gasteiger charge is 2.15. The lowest BCUT2D eigenvalue weighted by Gasteiger charge is -2.27. The summed E-state index contributed by atoms with van der Waals surface area (Å²) < 4.78 is 5.38. The Hall–Kier alpha value is -1.06. The molecule has 0 spiro atoms. The number of ether oxygens (including phenoxy) is 1. The number of hydrogen-bond acceptors (Lipinski definition) is 4. The highest BCUT2D eigenvalue weighted by atomic mass is 127. The normalized spacial score (nSPS) is 16.4. The lowest BCUT2D eigenvalue weighted by atomic mass is 10.1.